The first-order chi connectivity index (χ1) is 17.6. The average molecular weight is 526 g/mol. The van der Waals surface area contributed by atoms with Gasteiger partial charge in [0.15, 0.2) is 11.4 Å². The number of hydrogen-bond donors (Lipinski definition) is 2. The number of ether oxygens (including phenoxy) is 3. The van der Waals surface area contributed by atoms with E-state index in [2.05, 4.69) is 47.1 Å². The number of aromatic nitrogens is 2. The van der Waals surface area contributed by atoms with Gasteiger partial charge in [0.1, 0.15) is 5.75 Å². The lowest BCUT2D eigenvalue weighted by Gasteiger charge is -2.19. The molecule has 1 unspecified atom stereocenters. The first-order valence-electron chi connectivity index (χ1n) is 12.3. The largest absolute Gasteiger partial charge is 0.479 e. The summed E-state index contributed by atoms with van der Waals surface area (Å²) in [6, 6.07) is 9.40. The second-order valence-electron chi connectivity index (χ2n) is 10.2. The second-order valence-corrected chi connectivity index (χ2v) is 15.2. The zero-order valence-electron chi connectivity index (χ0n) is 22.3. The van der Waals surface area contributed by atoms with Crippen molar-refractivity contribution in [2.45, 2.75) is 33.0 Å². The van der Waals surface area contributed by atoms with Crippen molar-refractivity contribution >= 4 is 30.8 Å². The summed E-state index contributed by atoms with van der Waals surface area (Å²) >= 11 is 0. The predicted molar refractivity (Wildman–Crippen MR) is 145 cm³/mol. The molecule has 1 aromatic carbocycles. The Bertz CT molecular complexity index is 1250. The van der Waals surface area contributed by atoms with E-state index < -0.39 is 14.0 Å². The molecule has 3 heterocycles. The Kier molecular flexibility index (Phi) is 7.74. The van der Waals surface area contributed by atoms with Crippen LogP contribution in [0.1, 0.15) is 22.5 Å². The number of carbonyl (C=O) groups is 1. The molecule has 1 amide bonds. The molecular formula is C26H35N5O5Si. The van der Waals surface area contributed by atoms with Crippen molar-refractivity contribution in [1.29, 1.82) is 0 Å². The third kappa shape index (κ3) is 5.88. The fourth-order valence-electron chi connectivity index (χ4n) is 4.12. The quantitative estimate of drug-likeness (QED) is 0.402. The molecule has 3 aromatic rings. The Morgan fingerprint density at radius 2 is 1.86 bits per heavy atom. The standard InChI is InChI=1S/C26H35N5O5Si/c1-16-7-8-18(37(4,5)6)13-20(16)36-21-10-9-19(35-21)23(32)28-22-24(33-2)29-26(30-25(22)34-3)31-12-11-17(14-27)15-31/h7-10,13,17H,11-12,14-15,27H2,1-6H3,(H,28,32). The van der Waals surface area contributed by atoms with Crippen LogP contribution in [-0.2, 0) is 0 Å². The maximum atomic E-state index is 13.0. The van der Waals surface area contributed by atoms with E-state index in [0.29, 0.717) is 24.2 Å². The van der Waals surface area contributed by atoms with Crippen LogP contribution in [0.2, 0.25) is 19.6 Å². The Balaban J connectivity index is 1.53. The number of hydrogen-bond acceptors (Lipinski definition) is 9. The van der Waals surface area contributed by atoms with E-state index in [4.69, 9.17) is 24.4 Å². The highest BCUT2D eigenvalue weighted by atomic mass is 28.3. The van der Waals surface area contributed by atoms with Gasteiger partial charge in [-0.2, -0.15) is 9.97 Å². The van der Waals surface area contributed by atoms with Gasteiger partial charge >= 0.3 is 0 Å². The molecule has 1 aliphatic rings. The van der Waals surface area contributed by atoms with Crippen LogP contribution >= 0.6 is 0 Å². The molecule has 0 bridgehead atoms. The van der Waals surface area contributed by atoms with Crippen molar-refractivity contribution in [1.82, 2.24) is 9.97 Å². The number of nitrogens with zero attached hydrogens (tertiary/aromatic N) is 3. The summed E-state index contributed by atoms with van der Waals surface area (Å²) in [7, 11) is 1.44. The van der Waals surface area contributed by atoms with Gasteiger partial charge in [-0.1, -0.05) is 37.0 Å². The summed E-state index contributed by atoms with van der Waals surface area (Å²) in [6.07, 6.45) is 0.966. The topological polar surface area (TPSA) is 125 Å². The molecule has 37 heavy (non-hydrogen) atoms. The van der Waals surface area contributed by atoms with Crippen LogP contribution in [0, 0.1) is 12.8 Å². The first-order valence-corrected chi connectivity index (χ1v) is 15.8. The number of carbonyl (C=O) groups excluding carboxylic acids is 1. The number of benzene rings is 1. The van der Waals surface area contributed by atoms with Crippen molar-refractivity contribution in [2.24, 2.45) is 11.7 Å². The van der Waals surface area contributed by atoms with Crippen LogP contribution < -0.4 is 35.3 Å². The maximum absolute atomic E-state index is 13.0. The molecule has 3 N–H and O–H groups in total. The maximum Gasteiger partial charge on any atom is 0.291 e. The molecule has 0 saturated carbocycles. The van der Waals surface area contributed by atoms with Gasteiger partial charge in [-0.3, -0.25) is 4.79 Å². The summed E-state index contributed by atoms with van der Waals surface area (Å²) < 4.78 is 22.6. The van der Waals surface area contributed by atoms with Crippen molar-refractivity contribution in [3.05, 3.63) is 41.7 Å². The van der Waals surface area contributed by atoms with Gasteiger partial charge in [0.05, 0.1) is 22.3 Å². The van der Waals surface area contributed by atoms with Crippen LogP contribution in [0.4, 0.5) is 11.6 Å². The lowest BCUT2D eigenvalue weighted by Crippen LogP contribution is -2.37. The molecule has 1 atom stereocenters. The van der Waals surface area contributed by atoms with Crippen LogP contribution in [0.25, 0.3) is 0 Å². The van der Waals surface area contributed by atoms with Gasteiger partial charge in [0.2, 0.25) is 17.7 Å². The normalized spacial score (nSPS) is 15.5. The molecule has 198 valence electrons. The van der Waals surface area contributed by atoms with E-state index in [0.717, 1.165) is 25.1 Å². The molecule has 1 fully saturated rings. The minimum Gasteiger partial charge on any atom is -0.479 e. The highest BCUT2D eigenvalue weighted by molar-refractivity contribution is 6.88. The lowest BCUT2D eigenvalue weighted by atomic mass is 10.1. The molecule has 1 aliphatic heterocycles. The van der Waals surface area contributed by atoms with Crippen LogP contribution in [-0.4, -0.2) is 57.8 Å². The first kappa shape index (κ1) is 26.5. The number of rotatable bonds is 9. The highest BCUT2D eigenvalue weighted by Gasteiger charge is 2.27. The van der Waals surface area contributed by atoms with Crippen LogP contribution in [0.15, 0.2) is 34.7 Å². The third-order valence-corrected chi connectivity index (χ3v) is 8.47. The minimum atomic E-state index is -1.52. The second kappa shape index (κ2) is 10.8. The van der Waals surface area contributed by atoms with Gasteiger partial charge in [0.25, 0.3) is 11.9 Å². The molecule has 4 rings (SSSR count). The van der Waals surface area contributed by atoms with Crippen molar-refractivity contribution in [3.8, 4) is 23.5 Å². The van der Waals surface area contributed by atoms with E-state index in [1.165, 1.54) is 19.4 Å². The number of nitrogens with two attached hydrogens (primary N) is 1. The van der Waals surface area contributed by atoms with E-state index >= 15 is 0 Å². The number of nitrogens with one attached hydrogen (secondary N) is 1. The van der Waals surface area contributed by atoms with Crippen molar-refractivity contribution < 1.29 is 23.4 Å². The smallest absolute Gasteiger partial charge is 0.291 e. The molecule has 0 spiro atoms. The number of methoxy groups -OCH3 is 2. The summed E-state index contributed by atoms with van der Waals surface area (Å²) in [5, 5.41) is 4.03. The van der Waals surface area contributed by atoms with E-state index in [1.807, 2.05) is 17.9 Å². The summed E-state index contributed by atoms with van der Waals surface area (Å²) in [5.74, 6) is 1.69. The number of furan rings is 1. The molecule has 1 saturated heterocycles. The van der Waals surface area contributed by atoms with Gasteiger partial charge < -0.3 is 34.6 Å². The Morgan fingerprint density at radius 1 is 1.16 bits per heavy atom. The van der Waals surface area contributed by atoms with Crippen LogP contribution in [0.3, 0.4) is 0 Å². The zero-order valence-corrected chi connectivity index (χ0v) is 23.3. The number of aryl methyl sites for hydroxylation is 1. The zero-order chi connectivity index (χ0) is 26.7. The average Bonchev–Trinajstić information content (AvgIpc) is 3.54. The molecule has 10 nitrogen and oxygen atoms in total. The van der Waals surface area contributed by atoms with Gasteiger partial charge in [-0.25, -0.2) is 0 Å². The Morgan fingerprint density at radius 3 is 2.46 bits per heavy atom. The van der Waals surface area contributed by atoms with Crippen molar-refractivity contribution in [2.75, 3.05) is 44.1 Å². The Labute approximate surface area is 218 Å². The molecule has 2 aromatic heterocycles. The summed E-state index contributed by atoms with van der Waals surface area (Å²) in [6.45, 7) is 10.9. The van der Waals surface area contributed by atoms with E-state index in [9.17, 15) is 4.79 Å². The van der Waals surface area contributed by atoms with Crippen LogP contribution in [0.5, 0.6) is 23.5 Å². The minimum absolute atomic E-state index is 0.0625. The molecule has 0 aliphatic carbocycles. The fraction of sp³-hybridized carbons (Fsp3) is 0.423. The fourth-order valence-corrected chi connectivity index (χ4v) is 5.26. The predicted octanol–water partition coefficient (Wildman–Crippen LogP) is 3.77. The summed E-state index contributed by atoms with van der Waals surface area (Å²) in [5.41, 5.74) is 7.01. The van der Waals surface area contributed by atoms with Crippen molar-refractivity contribution in [3.63, 3.8) is 0 Å². The number of amides is 1. The van der Waals surface area contributed by atoms with Gasteiger partial charge in [0, 0.05) is 19.2 Å². The molecule has 0 radical (unpaired) electrons. The monoisotopic (exact) mass is 525 g/mol. The molecular weight excluding hydrogens is 490 g/mol. The molecule has 11 heteroatoms. The highest BCUT2D eigenvalue weighted by Crippen LogP contribution is 2.35. The third-order valence-electron chi connectivity index (χ3n) is 6.43. The van der Waals surface area contributed by atoms with E-state index in [-0.39, 0.29) is 29.2 Å². The van der Waals surface area contributed by atoms with Gasteiger partial charge in [-0.05, 0) is 43.5 Å². The van der Waals surface area contributed by atoms with E-state index in [1.54, 1.807) is 12.1 Å². The van der Waals surface area contributed by atoms with Gasteiger partial charge in [-0.15, -0.1) is 0 Å². The lowest BCUT2D eigenvalue weighted by molar-refractivity contribution is 0.0990. The number of anilines is 2. The Hall–Kier alpha value is -3.57. The SMILES string of the molecule is COc1nc(N2CCC(CN)C2)nc(OC)c1NC(=O)c1ccc(Oc2cc([Si](C)(C)C)ccc2C)o1. The summed E-state index contributed by atoms with van der Waals surface area (Å²) in [4.78, 5) is 24.1.